The third kappa shape index (κ3) is 5.98. The van der Waals surface area contributed by atoms with Crippen LogP contribution in [0.4, 0.5) is 0 Å². The fraction of sp³-hybridized carbons (Fsp3) is 0.857. The minimum absolute atomic E-state index is 0.356. The molecule has 6 heteroatoms. The summed E-state index contributed by atoms with van der Waals surface area (Å²) in [5, 5.41) is 21.3. The van der Waals surface area contributed by atoms with E-state index in [1.807, 2.05) is 6.20 Å². The highest BCUT2D eigenvalue weighted by atomic mass is 16.5. The van der Waals surface area contributed by atoms with Gasteiger partial charge in [-0.1, -0.05) is 18.6 Å². The van der Waals surface area contributed by atoms with Gasteiger partial charge in [-0.15, -0.1) is 5.10 Å². The molecule has 20 heavy (non-hydrogen) atoms. The zero-order valence-corrected chi connectivity index (χ0v) is 12.3. The Labute approximate surface area is 120 Å². The van der Waals surface area contributed by atoms with Gasteiger partial charge in [-0.3, -0.25) is 0 Å². The van der Waals surface area contributed by atoms with E-state index < -0.39 is 6.10 Å². The maximum atomic E-state index is 9.84. The Bertz CT molecular complexity index is 379. The summed E-state index contributed by atoms with van der Waals surface area (Å²) in [5.74, 6) is 0.868. The second-order valence-electron chi connectivity index (χ2n) is 5.59. The number of nitrogens with one attached hydrogen (secondary N) is 1. The predicted molar refractivity (Wildman–Crippen MR) is 76.2 cm³/mol. The number of hydrogen-bond donors (Lipinski definition) is 2. The van der Waals surface area contributed by atoms with Crippen molar-refractivity contribution in [2.75, 3.05) is 19.8 Å². The summed E-state index contributed by atoms with van der Waals surface area (Å²) in [6.45, 7) is 5.44. The number of aromatic nitrogens is 3. The lowest BCUT2D eigenvalue weighted by Crippen LogP contribution is -2.22. The Morgan fingerprint density at radius 3 is 3.15 bits per heavy atom. The van der Waals surface area contributed by atoms with Crippen molar-refractivity contribution < 1.29 is 9.84 Å². The molecule has 0 spiro atoms. The molecule has 1 aromatic rings. The quantitative estimate of drug-likeness (QED) is 0.591. The van der Waals surface area contributed by atoms with Gasteiger partial charge in [0.15, 0.2) is 0 Å². The number of rotatable bonds is 11. The maximum Gasteiger partial charge on any atom is 0.0969 e. The van der Waals surface area contributed by atoms with Gasteiger partial charge < -0.3 is 15.2 Å². The monoisotopic (exact) mass is 282 g/mol. The third-order valence-corrected chi connectivity index (χ3v) is 3.37. The zero-order chi connectivity index (χ0) is 14.2. The number of aliphatic hydroxyl groups is 1. The Balaban J connectivity index is 1.60. The number of nitrogens with zero attached hydrogens (tertiary/aromatic N) is 3. The maximum absolute atomic E-state index is 9.84. The van der Waals surface area contributed by atoms with Gasteiger partial charge in [-0.05, 0) is 31.7 Å². The van der Waals surface area contributed by atoms with E-state index in [9.17, 15) is 5.11 Å². The molecule has 1 aromatic heterocycles. The molecule has 0 saturated heterocycles. The molecule has 1 unspecified atom stereocenters. The molecule has 0 amide bonds. The molecule has 1 atom stereocenters. The summed E-state index contributed by atoms with van der Waals surface area (Å²) < 4.78 is 7.07. The van der Waals surface area contributed by atoms with Gasteiger partial charge in [-0.2, -0.15) is 0 Å². The molecular weight excluding hydrogens is 256 g/mol. The first-order valence-electron chi connectivity index (χ1n) is 7.63. The minimum atomic E-state index is -0.527. The summed E-state index contributed by atoms with van der Waals surface area (Å²) in [4.78, 5) is 0. The molecule has 1 heterocycles. The Morgan fingerprint density at radius 1 is 1.55 bits per heavy atom. The molecule has 2 rings (SSSR count). The molecule has 6 nitrogen and oxygen atoms in total. The van der Waals surface area contributed by atoms with E-state index in [1.54, 1.807) is 4.68 Å². The number of ether oxygens (including phenoxy) is 1. The van der Waals surface area contributed by atoms with Crippen LogP contribution in [0.25, 0.3) is 0 Å². The van der Waals surface area contributed by atoms with Crippen molar-refractivity contribution in [3.63, 3.8) is 0 Å². The van der Waals surface area contributed by atoms with Crippen molar-refractivity contribution in [2.45, 2.75) is 51.8 Å². The van der Waals surface area contributed by atoms with E-state index in [0.29, 0.717) is 19.8 Å². The highest BCUT2D eigenvalue weighted by molar-refractivity contribution is 4.92. The average Bonchev–Trinajstić information content (AvgIpc) is 3.15. The molecule has 0 radical (unpaired) electrons. The topological polar surface area (TPSA) is 72.2 Å². The smallest absolute Gasteiger partial charge is 0.0969 e. The lowest BCUT2D eigenvalue weighted by atomic mass is 10.3. The van der Waals surface area contributed by atoms with E-state index in [0.717, 1.165) is 37.5 Å². The van der Waals surface area contributed by atoms with Crippen molar-refractivity contribution in [3.05, 3.63) is 11.9 Å². The Morgan fingerprint density at radius 2 is 2.40 bits per heavy atom. The van der Waals surface area contributed by atoms with Gasteiger partial charge in [0.1, 0.15) is 0 Å². The van der Waals surface area contributed by atoms with Crippen LogP contribution >= 0.6 is 0 Å². The van der Waals surface area contributed by atoms with E-state index in [4.69, 9.17) is 4.74 Å². The van der Waals surface area contributed by atoms with Crippen LogP contribution < -0.4 is 5.32 Å². The molecule has 1 aliphatic rings. The van der Waals surface area contributed by atoms with Crippen LogP contribution in [-0.2, 0) is 17.8 Å². The lowest BCUT2D eigenvalue weighted by Gasteiger charge is -2.10. The number of hydrogen-bond acceptors (Lipinski definition) is 5. The molecular formula is C14H26N4O2. The third-order valence-electron chi connectivity index (χ3n) is 3.37. The highest BCUT2D eigenvalue weighted by Gasteiger charge is 2.20. The minimum Gasteiger partial charge on any atom is -0.389 e. The van der Waals surface area contributed by atoms with Crippen LogP contribution in [0, 0.1) is 5.92 Å². The largest absolute Gasteiger partial charge is 0.389 e. The van der Waals surface area contributed by atoms with Crippen LogP contribution in [0.2, 0.25) is 0 Å². The standard InChI is InChI=1S/C14H26N4O2/c1-2-3-6-20-11-14(19)10-18-9-13(16-17-18)8-15-7-12-4-5-12/h9,12,14-15,19H,2-8,10-11H2,1H3. The highest BCUT2D eigenvalue weighted by Crippen LogP contribution is 2.27. The summed E-state index contributed by atoms with van der Waals surface area (Å²) in [6.07, 6.45) is 6.20. The van der Waals surface area contributed by atoms with Crippen molar-refractivity contribution >= 4 is 0 Å². The van der Waals surface area contributed by atoms with Gasteiger partial charge in [0.2, 0.25) is 0 Å². The van der Waals surface area contributed by atoms with E-state index >= 15 is 0 Å². The molecule has 0 bridgehead atoms. The fourth-order valence-electron chi connectivity index (χ4n) is 1.97. The first-order chi connectivity index (χ1) is 9.78. The normalized spacial score (nSPS) is 16.5. The molecule has 2 N–H and O–H groups in total. The Kier molecular flexibility index (Phi) is 6.42. The number of aliphatic hydroxyl groups excluding tert-OH is 1. The first kappa shape index (κ1) is 15.4. The molecule has 1 aliphatic carbocycles. The van der Waals surface area contributed by atoms with E-state index in [2.05, 4.69) is 22.6 Å². The van der Waals surface area contributed by atoms with Crippen LogP contribution in [0.15, 0.2) is 6.20 Å². The van der Waals surface area contributed by atoms with Gasteiger partial charge in [0.05, 0.1) is 24.9 Å². The predicted octanol–water partition coefficient (Wildman–Crippen LogP) is 0.955. The summed E-state index contributed by atoms with van der Waals surface area (Å²) >= 11 is 0. The van der Waals surface area contributed by atoms with E-state index in [-0.39, 0.29) is 0 Å². The van der Waals surface area contributed by atoms with Gasteiger partial charge in [0, 0.05) is 19.3 Å². The second-order valence-corrected chi connectivity index (χ2v) is 5.59. The van der Waals surface area contributed by atoms with Crippen molar-refractivity contribution in [3.8, 4) is 0 Å². The summed E-state index contributed by atoms with van der Waals surface area (Å²) in [6, 6.07) is 0. The molecule has 0 aromatic carbocycles. The summed E-state index contributed by atoms with van der Waals surface area (Å²) in [5.41, 5.74) is 0.921. The molecule has 114 valence electrons. The zero-order valence-electron chi connectivity index (χ0n) is 12.3. The molecule has 1 fully saturated rings. The second kappa shape index (κ2) is 8.34. The first-order valence-corrected chi connectivity index (χ1v) is 7.63. The van der Waals surface area contributed by atoms with Crippen LogP contribution in [0.3, 0.4) is 0 Å². The van der Waals surface area contributed by atoms with Gasteiger partial charge in [-0.25, -0.2) is 4.68 Å². The fourth-order valence-corrected chi connectivity index (χ4v) is 1.97. The Hall–Kier alpha value is -0.980. The van der Waals surface area contributed by atoms with Crippen molar-refractivity contribution in [1.29, 1.82) is 0 Å². The van der Waals surface area contributed by atoms with Crippen molar-refractivity contribution in [1.82, 2.24) is 20.3 Å². The average molecular weight is 282 g/mol. The van der Waals surface area contributed by atoms with E-state index in [1.165, 1.54) is 12.8 Å². The summed E-state index contributed by atoms with van der Waals surface area (Å²) in [7, 11) is 0. The van der Waals surface area contributed by atoms with Gasteiger partial charge in [0.25, 0.3) is 0 Å². The molecule has 0 aliphatic heterocycles. The molecule has 1 saturated carbocycles. The number of unbranched alkanes of at least 4 members (excludes halogenated alkanes) is 1. The SMILES string of the molecule is CCCCOCC(O)Cn1cc(CNCC2CC2)nn1. The van der Waals surface area contributed by atoms with Crippen LogP contribution in [-0.4, -0.2) is 46.0 Å². The van der Waals surface area contributed by atoms with Crippen molar-refractivity contribution in [2.24, 2.45) is 5.92 Å². The van der Waals surface area contributed by atoms with Crippen LogP contribution in [0.5, 0.6) is 0 Å². The van der Waals surface area contributed by atoms with Gasteiger partial charge >= 0.3 is 0 Å². The lowest BCUT2D eigenvalue weighted by molar-refractivity contribution is 0.0251. The van der Waals surface area contributed by atoms with Crippen LogP contribution in [0.1, 0.15) is 38.3 Å².